The number of rotatable bonds is 7. The minimum absolute atomic E-state index is 0.599. The van der Waals surface area contributed by atoms with Crippen LogP contribution < -0.4 is 10.1 Å². The Hall–Kier alpha value is -1.52. The third-order valence-corrected chi connectivity index (χ3v) is 6.04. The monoisotopic (exact) mass is 369 g/mol. The average molecular weight is 370 g/mol. The van der Waals surface area contributed by atoms with E-state index in [4.69, 9.17) is 25.4 Å². The lowest BCUT2D eigenvalue weighted by atomic mass is 10.2. The summed E-state index contributed by atoms with van der Waals surface area (Å²) in [6.07, 6.45) is 0. The van der Waals surface area contributed by atoms with Gasteiger partial charge < -0.3 is 19.1 Å². The van der Waals surface area contributed by atoms with E-state index >= 15 is 0 Å². The van der Waals surface area contributed by atoms with Crippen LogP contribution in [0.2, 0.25) is 5.02 Å². The first-order valence-corrected chi connectivity index (χ1v) is 9.30. The maximum Gasteiger partial charge on any atom is 0.356 e. The number of aryl methyl sites for hydroxylation is 1. The summed E-state index contributed by atoms with van der Waals surface area (Å²) in [7, 11) is 0.946. The molecule has 0 aliphatic carbocycles. The standard InChI is InChI=1S/C17H21ClNO4P/c1-12-11-15(9-10-16(12)21-2)19-17(24(20,22-3)23-4)13-5-7-14(18)8-6-13/h5-11,17,19H,1-4H3. The highest BCUT2D eigenvalue weighted by molar-refractivity contribution is 7.54. The van der Waals surface area contributed by atoms with Crippen LogP contribution in [0.3, 0.4) is 0 Å². The molecule has 130 valence electrons. The predicted molar refractivity (Wildman–Crippen MR) is 97.2 cm³/mol. The van der Waals surface area contributed by atoms with Crippen LogP contribution >= 0.6 is 19.2 Å². The zero-order valence-electron chi connectivity index (χ0n) is 14.1. The molecule has 0 bridgehead atoms. The van der Waals surface area contributed by atoms with Crippen LogP contribution in [0.15, 0.2) is 42.5 Å². The largest absolute Gasteiger partial charge is 0.496 e. The van der Waals surface area contributed by atoms with E-state index in [-0.39, 0.29) is 0 Å². The van der Waals surface area contributed by atoms with Crippen LogP contribution in [0, 0.1) is 6.92 Å². The van der Waals surface area contributed by atoms with Crippen molar-refractivity contribution in [2.75, 3.05) is 26.6 Å². The Morgan fingerprint density at radius 1 is 1.04 bits per heavy atom. The number of nitrogens with one attached hydrogen (secondary N) is 1. The molecule has 1 unspecified atom stereocenters. The van der Waals surface area contributed by atoms with Gasteiger partial charge >= 0.3 is 7.60 Å². The molecule has 7 heteroatoms. The Morgan fingerprint density at radius 3 is 2.17 bits per heavy atom. The molecule has 0 aliphatic heterocycles. The molecule has 0 amide bonds. The molecule has 0 aliphatic rings. The van der Waals surface area contributed by atoms with Crippen molar-refractivity contribution in [2.24, 2.45) is 0 Å². The van der Waals surface area contributed by atoms with Gasteiger partial charge in [0.1, 0.15) is 5.75 Å². The summed E-state index contributed by atoms with van der Waals surface area (Å²) in [6.45, 7) is 1.94. The van der Waals surface area contributed by atoms with Crippen LogP contribution in [0.5, 0.6) is 5.75 Å². The van der Waals surface area contributed by atoms with Gasteiger partial charge in [-0.3, -0.25) is 4.57 Å². The molecule has 1 N–H and O–H groups in total. The van der Waals surface area contributed by atoms with E-state index in [2.05, 4.69) is 5.32 Å². The maximum atomic E-state index is 13.0. The maximum absolute atomic E-state index is 13.0. The SMILES string of the molecule is COc1ccc(NC(c2ccc(Cl)cc2)P(=O)(OC)OC)cc1C. The van der Waals surface area contributed by atoms with E-state index in [0.717, 1.165) is 22.6 Å². The lowest BCUT2D eigenvalue weighted by molar-refractivity contribution is 0.268. The number of benzene rings is 2. The van der Waals surface area contributed by atoms with Gasteiger partial charge in [0.15, 0.2) is 5.78 Å². The average Bonchev–Trinajstić information content (AvgIpc) is 2.60. The predicted octanol–water partition coefficient (Wildman–Crippen LogP) is 5.25. The van der Waals surface area contributed by atoms with Gasteiger partial charge in [-0.05, 0) is 48.4 Å². The molecule has 0 saturated carbocycles. The fourth-order valence-electron chi connectivity index (χ4n) is 2.40. The first kappa shape index (κ1) is 18.8. The number of hydrogen-bond donors (Lipinski definition) is 1. The molecule has 0 aromatic heterocycles. The Kier molecular flexibility index (Phi) is 6.30. The fourth-order valence-corrected chi connectivity index (χ4v) is 3.94. The van der Waals surface area contributed by atoms with Crippen LogP contribution in [-0.2, 0) is 13.6 Å². The number of halogens is 1. The van der Waals surface area contributed by atoms with Crippen molar-refractivity contribution >= 4 is 24.9 Å². The Labute approximate surface area is 147 Å². The number of hydrogen-bond acceptors (Lipinski definition) is 5. The van der Waals surface area contributed by atoms with E-state index in [1.54, 1.807) is 31.4 Å². The zero-order valence-corrected chi connectivity index (χ0v) is 15.7. The molecule has 2 rings (SSSR count). The van der Waals surface area contributed by atoms with Crippen molar-refractivity contribution in [3.63, 3.8) is 0 Å². The first-order valence-electron chi connectivity index (χ1n) is 7.31. The fraction of sp³-hybridized carbons (Fsp3) is 0.294. The Morgan fingerprint density at radius 2 is 1.67 bits per heavy atom. The van der Waals surface area contributed by atoms with Crippen LogP contribution in [-0.4, -0.2) is 21.3 Å². The minimum atomic E-state index is -3.41. The van der Waals surface area contributed by atoms with Crippen molar-refractivity contribution in [1.29, 1.82) is 0 Å². The molecule has 0 radical (unpaired) electrons. The molecular formula is C17H21ClNO4P. The molecule has 0 saturated heterocycles. The van der Waals surface area contributed by atoms with Crippen LogP contribution in [0.4, 0.5) is 5.69 Å². The summed E-state index contributed by atoms with van der Waals surface area (Å²) < 4.78 is 28.6. The molecule has 0 fully saturated rings. The number of ether oxygens (including phenoxy) is 1. The van der Waals surface area contributed by atoms with Gasteiger partial charge in [-0.2, -0.15) is 0 Å². The van der Waals surface area contributed by atoms with Crippen LogP contribution in [0.1, 0.15) is 16.9 Å². The van der Waals surface area contributed by atoms with Gasteiger partial charge in [0.25, 0.3) is 0 Å². The number of methoxy groups -OCH3 is 1. The van der Waals surface area contributed by atoms with Crippen molar-refractivity contribution < 1.29 is 18.3 Å². The molecule has 2 aromatic carbocycles. The van der Waals surface area contributed by atoms with Gasteiger partial charge in [0, 0.05) is 24.9 Å². The molecule has 1 atom stereocenters. The van der Waals surface area contributed by atoms with E-state index in [9.17, 15) is 4.57 Å². The highest BCUT2D eigenvalue weighted by Crippen LogP contribution is 2.59. The van der Waals surface area contributed by atoms with E-state index in [1.807, 2.05) is 25.1 Å². The van der Waals surface area contributed by atoms with Gasteiger partial charge in [-0.25, -0.2) is 0 Å². The summed E-state index contributed by atoms with van der Waals surface area (Å²) >= 11 is 5.95. The zero-order chi connectivity index (χ0) is 17.7. The van der Waals surface area contributed by atoms with Crippen LogP contribution in [0.25, 0.3) is 0 Å². The van der Waals surface area contributed by atoms with Gasteiger partial charge in [0.2, 0.25) is 0 Å². The Balaban J connectivity index is 2.41. The third kappa shape index (κ3) is 4.11. The molecule has 24 heavy (non-hydrogen) atoms. The quantitative estimate of drug-likeness (QED) is 0.675. The highest BCUT2D eigenvalue weighted by Gasteiger charge is 2.35. The van der Waals surface area contributed by atoms with Crippen molar-refractivity contribution in [3.8, 4) is 5.75 Å². The topological polar surface area (TPSA) is 56.8 Å². The van der Waals surface area contributed by atoms with Crippen molar-refractivity contribution in [3.05, 3.63) is 58.6 Å². The summed E-state index contributed by atoms with van der Waals surface area (Å²) in [4.78, 5) is 0. The normalized spacial score (nSPS) is 12.7. The Bertz CT molecular complexity index is 728. The highest BCUT2D eigenvalue weighted by atomic mass is 35.5. The molecule has 0 spiro atoms. The smallest absolute Gasteiger partial charge is 0.356 e. The van der Waals surface area contributed by atoms with E-state index < -0.39 is 13.4 Å². The second-order valence-electron chi connectivity index (χ2n) is 5.19. The summed E-state index contributed by atoms with van der Waals surface area (Å²) in [5, 5.41) is 3.84. The molecule has 2 aromatic rings. The molecule has 5 nitrogen and oxygen atoms in total. The molecule has 0 heterocycles. The summed E-state index contributed by atoms with van der Waals surface area (Å²) in [6, 6.07) is 12.7. The lowest BCUT2D eigenvalue weighted by Crippen LogP contribution is -2.13. The van der Waals surface area contributed by atoms with Gasteiger partial charge in [0.05, 0.1) is 7.11 Å². The van der Waals surface area contributed by atoms with E-state index in [0.29, 0.717) is 5.02 Å². The van der Waals surface area contributed by atoms with Crippen molar-refractivity contribution in [1.82, 2.24) is 0 Å². The lowest BCUT2D eigenvalue weighted by Gasteiger charge is -2.26. The third-order valence-electron chi connectivity index (χ3n) is 3.71. The van der Waals surface area contributed by atoms with Crippen molar-refractivity contribution in [2.45, 2.75) is 12.7 Å². The second kappa shape index (κ2) is 8.04. The summed E-state index contributed by atoms with van der Waals surface area (Å²) in [5.74, 6) is 0.114. The van der Waals surface area contributed by atoms with Gasteiger partial charge in [-0.1, -0.05) is 23.7 Å². The number of anilines is 1. The minimum Gasteiger partial charge on any atom is -0.496 e. The second-order valence-corrected chi connectivity index (χ2v) is 7.95. The summed E-state index contributed by atoms with van der Waals surface area (Å²) in [5.41, 5.74) is 2.49. The van der Waals surface area contributed by atoms with E-state index in [1.165, 1.54) is 14.2 Å². The van der Waals surface area contributed by atoms with Gasteiger partial charge in [-0.15, -0.1) is 0 Å². The molecular weight excluding hydrogens is 349 g/mol. The first-order chi connectivity index (χ1) is 11.4.